The Bertz CT molecular complexity index is 424. The molecule has 0 aliphatic carbocycles. The predicted molar refractivity (Wildman–Crippen MR) is 63.0 cm³/mol. The highest BCUT2D eigenvalue weighted by molar-refractivity contribution is 5.92. The molecule has 0 fully saturated rings. The minimum atomic E-state index is -4.32. The molecule has 1 amide bonds. The van der Waals surface area contributed by atoms with Crippen LogP contribution >= 0.6 is 0 Å². The Morgan fingerprint density at radius 2 is 2.21 bits per heavy atom. The highest BCUT2D eigenvalue weighted by Gasteiger charge is 2.27. The summed E-state index contributed by atoms with van der Waals surface area (Å²) in [6.45, 7) is -1.15. The molecule has 0 spiro atoms. The van der Waals surface area contributed by atoms with Crippen molar-refractivity contribution in [1.82, 2.24) is 10.3 Å². The third-order valence-electron chi connectivity index (χ3n) is 2.06. The molecule has 0 saturated carbocycles. The van der Waals surface area contributed by atoms with Gasteiger partial charge >= 0.3 is 6.18 Å². The van der Waals surface area contributed by atoms with E-state index in [0.29, 0.717) is 5.69 Å². The molecule has 2 N–H and O–H groups in total. The lowest BCUT2D eigenvalue weighted by Crippen LogP contribution is -2.21. The van der Waals surface area contributed by atoms with E-state index in [2.05, 4.69) is 20.4 Å². The second kappa shape index (κ2) is 6.93. The largest absolute Gasteiger partial charge is 0.411 e. The zero-order chi connectivity index (χ0) is 14.3. The SMILES string of the molecule is CNC(=O)c1cc(NCCOCC(F)(F)F)ccn1. The quantitative estimate of drug-likeness (QED) is 0.772. The van der Waals surface area contributed by atoms with Gasteiger partial charge in [0.25, 0.3) is 5.91 Å². The number of hydrogen-bond donors (Lipinski definition) is 2. The maximum atomic E-state index is 11.8. The molecule has 0 aliphatic rings. The lowest BCUT2D eigenvalue weighted by atomic mass is 10.3. The first-order valence-corrected chi connectivity index (χ1v) is 5.49. The van der Waals surface area contributed by atoms with Crippen molar-refractivity contribution in [2.75, 3.05) is 32.1 Å². The summed E-state index contributed by atoms with van der Waals surface area (Å²) in [7, 11) is 1.48. The summed E-state index contributed by atoms with van der Waals surface area (Å²) in [5.74, 6) is -0.336. The first-order chi connectivity index (χ1) is 8.92. The third-order valence-corrected chi connectivity index (χ3v) is 2.06. The number of ether oxygens (including phenoxy) is 1. The van der Waals surface area contributed by atoms with Crippen molar-refractivity contribution >= 4 is 11.6 Å². The lowest BCUT2D eigenvalue weighted by molar-refractivity contribution is -0.172. The van der Waals surface area contributed by atoms with Crippen LogP contribution in [0.5, 0.6) is 0 Å². The second-order valence-electron chi connectivity index (χ2n) is 3.60. The maximum absolute atomic E-state index is 11.8. The molecule has 0 atom stereocenters. The molecule has 1 rings (SSSR count). The Balaban J connectivity index is 2.35. The first kappa shape index (κ1) is 15.2. The molecule has 1 aromatic rings. The monoisotopic (exact) mass is 277 g/mol. The van der Waals surface area contributed by atoms with Crippen LogP contribution in [-0.4, -0.2) is 43.9 Å². The standard InChI is InChI=1S/C11H14F3N3O2/c1-15-10(18)9-6-8(2-3-17-9)16-4-5-19-7-11(12,13)14/h2-3,6H,4-5,7H2,1H3,(H,15,18)(H,16,17). The highest BCUT2D eigenvalue weighted by Crippen LogP contribution is 2.14. The van der Waals surface area contributed by atoms with E-state index in [1.807, 2.05) is 0 Å². The van der Waals surface area contributed by atoms with Crippen LogP contribution in [0, 0.1) is 0 Å². The number of carbonyl (C=O) groups is 1. The molecule has 0 saturated heterocycles. The summed E-state index contributed by atoms with van der Waals surface area (Å²) in [6, 6.07) is 3.11. The smallest absolute Gasteiger partial charge is 0.383 e. The van der Waals surface area contributed by atoms with E-state index < -0.39 is 12.8 Å². The van der Waals surface area contributed by atoms with Gasteiger partial charge in [0, 0.05) is 25.5 Å². The number of halogens is 3. The van der Waals surface area contributed by atoms with Crippen LogP contribution in [0.1, 0.15) is 10.5 Å². The maximum Gasteiger partial charge on any atom is 0.411 e. The van der Waals surface area contributed by atoms with E-state index >= 15 is 0 Å². The first-order valence-electron chi connectivity index (χ1n) is 5.49. The fraction of sp³-hybridized carbons (Fsp3) is 0.455. The second-order valence-corrected chi connectivity index (χ2v) is 3.60. The molecule has 1 aromatic heterocycles. The Labute approximate surface area is 108 Å². The van der Waals surface area contributed by atoms with Gasteiger partial charge in [-0.1, -0.05) is 0 Å². The van der Waals surface area contributed by atoms with Crippen LogP contribution in [-0.2, 0) is 4.74 Å². The van der Waals surface area contributed by atoms with Crippen molar-refractivity contribution in [3.8, 4) is 0 Å². The summed E-state index contributed by atoms with van der Waals surface area (Å²) in [5, 5.41) is 5.26. The fourth-order valence-electron chi connectivity index (χ4n) is 1.25. The zero-order valence-corrected chi connectivity index (χ0v) is 10.3. The molecule has 106 valence electrons. The van der Waals surface area contributed by atoms with Crippen molar-refractivity contribution < 1.29 is 22.7 Å². The topological polar surface area (TPSA) is 63.2 Å². The number of anilines is 1. The number of pyridine rings is 1. The minimum Gasteiger partial charge on any atom is -0.383 e. The van der Waals surface area contributed by atoms with Crippen molar-refractivity contribution in [1.29, 1.82) is 0 Å². The van der Waals surface area contributed by atoms with E-state index in [0.717, 1.165) is 0 Å². The van der Waals surface area contributed by atoms with Gasteiger partial charge in [-0.05, 0) is 12.1 Å². The van der Waals surface area contributed by atoms with E-state index in [1.165, 1.54) is 19.3 Å². The summed E-state index contributed by atoms with van der Waals surface area (Å²) >= 11 is 0. The van der Waals surface area contributed by atoms with Gasteiger partial charge in [-0.25, -0.2) is 0 Å². The molecule has 1 heterocycles. The van der Waals surface area contributed by atoms with Crippen LogP contribution in [0.3, 0.4) is 0 Å². The summed E-state index contributed by atoms with van der Waals surface area (Å²) < 4.78 is 39.8. The van der Waals surface area contributed by atoms with Crippen LogP contribution < -0.4 is 10.6 Å². The summed E-state index contributed by atoms with van der Waals surface area (Å²) in [4.78, 5) is 15.2. The molecular weight excluding hydrogens is 263 g/mol. The van der Waals surface area contributed by atoms with E-state index in [4.69, 9.17) is 0 Å². The summed E-state index contributed by atoms with van der Waals surface area (Å²) in [6.07, 6.45) is -2.88. The van der Waals surface area contributed by atoms with Gasteiger partial charge in [0.2, 0.25) is 0 Å². The predicted octanol–water partition coefficient (Wildman–Crippen LogP) is 1.43. The van der Waals surface area contributed by atoms with Crippen molar-refractivity contribution in [2.45, 2.75) is 6.18 Å². The molecule has 0 radical (unpaired) electrons. The normalized spacial score (nSPS) is 11.2. The fourth-order valence-corrected chi connectivity index (χ4v) is 1.25. The van der Waals surface area contributed by atoms with Crippen molar-refractivity contribution in [3.05, 3.63) is 24.0 Å². The van der Waals surface area contributed by atoms with Crippen LogP contribution in [0.15, 0.2) is 18.3 Å². The van der Waals surface area contributed by atoms with Crippen LogP contribution in [0.25, 0.3) is 0 Å². The van der Waals surface area contributed by atoms with E-state index in [9.17, 15) is 18.0 Å². The van der Waals surface area contributed by atoms with Gasteiger partial charge in [0.15, 0.2) is 0 Å². The number of nitrogens with one attached hydrogen (secondary N) is 2. The molecule has 0 aliphatic heterocycles. The molecular formula is C11H14F3N3O2. The number of amides is 1. The van der Waals surface area contributed by atoms with Crippen LogP contribution in [0.4, 0.5) is 18.9 Å². The van der Waals surface area contributed by atoms with Gasteiger partial charge < -0.3 is 15.4 Å². The molecule has 19 heavy (non-hydrogen) atoms. The Morgan fingerprint density at radius 3 is 2.84 bits per heavy atom. The van der Waals surface area contributed by atoms with Crippen molar-refractivity contribution in [2.24, 2.45) is 0 Å². The van der Waals surface area contributed by atoms with Crippen LogP contribution in [0.2, 0.25) is 0 Å². The van der Waals surface area contributed by atoms with Gasteiger partial charge in [-0.2, -0.15) is 13.2 Å². The average Bonchev–Trinajstić information content (AvgIpc) is 2.36. The Kier molecular flexibility index (Phi) is 5.56. The molecule has 0 aromatic carbocycles. The van der Waals surface area contributed by atoms with Gasteiger partial charge in [0.1, 0.15) is 12.3 Å². The van der Waals surface area contributed by atoms with Gasteiger partial charge in [-0.15, -0.1) is 0 Å². The van der Waals surface area contributed by atoms with Gasteiger partial charge in [-0.3, -0.25) is 9.78 Å². The van der Waals surface area contributed by atoms with Gasteiger partial charge in [0.05, 0.1) is 6.61 Å². The van der Waals surface area contributed by atoms with Crippen molar-refractivity contribution in [3.63, 3.8) is 0 Å². The lowest BCUT2D eigenvalue weighted by Gasteiger charge is -2.09. The number of hydrogen-bond acceptors (Lipinski definition) is 4. The minimum absolute atomic E-state index is 0.0862. The Hall–Kier alpha value is -1.83. The number of nitrogens with zero attached hydrogens (tertiary/aromatic N) is 1. The number of alkyl halides is 3. The number of carbonyl (C=O) groups excluding carboxylic acids is 1. The molecule has 5 nitrogen and oxygen atoms in total. The average molecular weight is 277 g/mol. The zero-order valence-electron chi connectivity index (χ0n) is 10.3. The Morgan fingerprint density at radius 1 is 1.47 bits per heavy atom. The third kappa shape index (κ3) is 6.05. The van der Waals surface area contributed by atoms with E-state index in [-0.39, 0.29) is 24.8 Å². The number of rotatable bonds is 6. The number of aromatic nitrogens is 1. The molecule has 8 heteroatoms. The highest BCUT2D eigenvalue weighted by atomic mass is 19.4. The molecule has 0 bridgehead atoms. The van der Waals surface area contributed by atoms with E-state index in [1.54, 1.807) is 6.07 Å². The summed E-state index contributed by atoms with van der Waals surface area (Å²) in [5.41, 5.74) is 0.813. The molecule has 0 unspecified atom stereocenters.